The highest BCUT2D eigenvalue weighted by atomic mass is 16.5. The van der Waals surface area contributed by atoms with E-state index < -0.39 is 0 Å². The Balaban J connectivity index is 2.55. The van der Waals surface area contributed by atoms with E-state index in [4.69, 9.17) is 10.5 Å². The summed E-state index contributed by atoms with van der Waals surface area (Å²) in [6.07, 6.45) is 1.38. The standard InChI is InChI=1S/C9H10N4O2/c1-15-6-2-3-8(7(10)4-6)13-5-11-12-9(13)14/h2-5H,10H2,1H3,(H,12,14). The number of aromatic nitrogens is 3. The van der Waals surface area contributed by atoms with Crippen LogP contribution in [-0.4, -0.2) is 21.9 Å². The summed E-state index contributed by atoms with van der Waals surface area (Å²) in [5.41, 5.74) is 6.48. The second kappa shape index (κ2) is 3.49. The van der Waals surface area contributed by atoms with E-state index >= 15 is 0 Å². The second-order valence-corrected chi connectivity index (χ2v) is 2.96. The van der Waals surface area contributed by atoms with Crippen molar-refractivity contribution in [1.82, 2.24) is 14.8 Å². The molecule has 1 heterocycles. The van der Waals surface area contributed by atoms with E-state index in [9.17, 15) is 4.79 Å². The third kappa shape index (κ3) is 1.56. The van der Waals surface area contributed by atoms with E-state index in [2.05, 4.69) is 10.2 Å². The Labute approximate surface area is 85.3 Å². The molecule has 0 aliphatic carbocycles. The first-order valence-electron chi connectivity index (χ1n) is 4.28. The van der Waals surface area contributed by atoms with Crippen LogP contribution in [-0.2, 0) is 0 Å². The Hall–Kier alpha value is -2.24. The lowest BCUT2D eigenvalue weighted by atomic mass is 10.2. The number of anilines is 1. The smallest absolute Gasteiger partial charge is 0.347 e. The number of H-pyrrole nitrogens is 1. The molecular formula is C9H10N4O2. The van der Waals surface area contributed by atoms with E-state index in [1.54, 1.807) is 25.3 Å². The van der Waals surface area contributed by atoms with Crippen molar-refractivity contribution >= 4 is 5.69 Å². The first-order chi connectivity index (χ1) is 7.22. The van der Waals surface area contributed by atoms with Crippen molar-refractivity contribution < 1.29 is 4.74 Å². The molecule has 6 heteroatoms. The van der Waals surface area contributed by atoms with Gasteiger partial charge in [-0.15, -0.1) is 0 Å². The lowest BCUT2D eigenvalue weighted by Crippen LogP contribution is -2.15. The summed E-state index contributed by atoms with van der Waals surface area (Å²) in [5.74, 6) is 0.646. The SMILES string of the molecule is COc1ccc(-n2cn[nH]c2=O)c(N)c1. The fraction of sp³-hybridized carbons (Fsp3) is 0.111. The van der Waals surface area contributed by atoms with E-state index in [1.807, 2.05) is 0 Å². The van der Waals surface area contributed by atoms with Crippen LogP contribution < -0.4 is 16.2 Å². The lowest BCUT2D eigenvalue weighted by Gasteiger charge is -2.06. The Morgan fingerprint density at radius 2 is 2.33 bits per heavy atom. The summed E-state index contributed by atoms with van der Waals surface area (Å²) in [6.45, 7) is 0. The molecule has 78 valence electrons. The highest BCUT2D eigenvalue weighted by Crippen LogP contribution is 2.21. The maximum Gasteiger partial charge on any atom is 0.347 e. The lowest BCUT2D eigenvalue weighted by molar-refractivity contribution is 0.415. The van der Waals surface area contributed by atoms with Gasteiger partial charge >= 0.3 is 5.69 Å². The minimum atomic E-state index is -0.327. The molecule has 0 atom stereocenters. The molecule has 2 aromatic rings. The molecule has 0 amide bonds. The number of benzene rings is 1. The number of hydrogen-bond donors (Lipinski definition) is 2. The highest BCUT2D eigenvalue weighted by molar-refractivity contribution is 5.60. The Kier molecular flexibility index (Phi) is 2.17. The number of nitrogen functional groups attached to an aromatic ring is 1. The molecule has 1 aromatic carbocycles. The van der Waals surface area contributed by atoms with Crippen molar-refractivity contribution in [2.45, 2.75) is 0 Å². The molecule has 1 aromatic heterocycles. The third-order valence-electron chi connectivity index (χ3n) is 2.05. The average molecular weight is 206 g/mol. The van der Waals surface area contributed by atoms with Crippen molar-refractivity contribution in [1.29, 1.82) is 0 Å². The fourth-order valence-corrected chi connectivity index (χ4v) is 1.30. The van der Waals surface area contributed by atoms with Gasteiger partial charge in [0.25, 0.3) is 0 Å². The molecule has 3 N–H and O–H groups in total. The van der Waals surface area contributed by atoms with E-state index in [0.717, 1.165) is 0 Å². The van der Waals surface area contributed by atoms with Crippen molar-refractivity contribution in [3.05, 3.63) is 35.0 Å². The maximum absolute atomic E-state index is 11.3. The highest BCUT2D eigenvalue weighted by Gasteiger charge is 2.05. The molecule has 0 radical (unpaired) electrons. The summed E-state index contributed by atoms with van der Waals surface area (Å²) >= 11 is 0. The summed E-state index contributed by atoms with van der Waals surface area (Å²) in [5, 5.41) is 5.91. The number of nitrogens with zero attached hydrogens (tertiary/aromatic N) is 2. The number of nitrogens with two attached hydrogens (primary N) is 1. The summed E-state index contributed by atoms with van der Waals surface area (Å²) in [6, 6.07) is 5.07. The van der Waals surface area contributed by atoms with Gasteiger partial charge in [0, 0.05) is 6.07 Å². The zero-order valence-electron chi connectivity index (χ0n) is 8.10. The van der Waals surface area contributed by atoms with Gasteiger partial charge in [-0.3, -0.25) is 0 Å². The predicted octanol–water partition coefficient (Wildman–Crippen LogP) is 0.151. The van der Waals surface area contributed by atoms with Crippen LogP contribution in [0.15, 0.2) is 29.3 Å². The van der Waals surface area contributed by atoms with Crippen LogP contribution in [0, 0.1) is 0 Å². The average Bonchev–Trinajstić information content (AvgIpc) is 2.64. The van der Waals surface area contributed by atoms with Gasteiger partial charge in [0.15, 0.2) is 0 Å². The largest absolute Gasteiger partial charge is 0.497 e. The van der Waals surface area contributed by atoms with Gasteiger partial charge in [-0.05, 0) is 12.1 Å². The Morgan fingerprint density at radius 3 is 2.87 bits per heavy atom. The van der Waals surface area contributed by atoms with Crippen LogP contribution in [0.3, 0.4) is 0 Å². The quantitative estimate of drug-likeness (QED) is 0.685. The van der Waals surface area contributed by atoms with Crippen molar-refractivity contribution in [3.63, 3.8) is 0 Å². The summed E-state index contributed by atoms with van der Waals surface area (Å²) < 4.78 is 6.33. The van der Waals surface area contributed by atoms with Crippen LogP contribution in [0.25, 0.3) is 5.69 Å². The number of hydrogen-bond acceptors (Lipinski definition) is 4. The summed E-state index contributed by atoms with van der Waals surface area (Å²) in [4.78, 5) is 11.3. The minimum absolute atomic E-state index is 0.327. The molecule has 0 spiro atoms. The molecule has 0 saturated heterocycles. The number of aromatic amines is 1. The first kappa shape index (κ1) is 9.32. The van der Waals surface area contributed by atoms with E-state index in [0.29, 0.717) is 17.1 Å². The molecule has 0 aliphatic rings. The molecule has 15 heavy (non-hydrogen) atoms. The zero-order valence-corrected chi connectivity index (χ0v) is 8.10. The van der Waals surface area contributed by atoms with Crippen molar-refractivity contribution in [2.24, 2.45) is 0 Å². The predicted molar refractivity (Wildman–Crippen MR) is 55.1 cm³/mol. The van der Waals surface area contributed by atoms with Crippen LogP contribution in [0.1, 0.15) is 0 Å². The van der Waals surface area contributed by atoms with Crippen LogP contribution in [0.2, 0.25) is 0 Å². The first-order valence-corrected chi connectivity index (χ1v) is 4.28. The van der Waals surface area contributed by atoms with E-state index in [1.165, 1.54) is 10.9 Å². The van der Waals surface area contributed by atoms with Crippen LogP contribution in [0.4, 0.5) is 5.69 Å². The Morgan fingerprint density at radius 1 is 1.53 bits per heavy atom. The topological polar surface area (TPSA) is 85.9 Å². The van der Waals surface area contributed by atoms with Gasteiger partial charge in [-0.25, -0.2) is 14.5 Å². The zero-order chi connectivity index (χ0) is 10.8. The monoisotopic (exact) mass is 206 g/mol. The van der Waals surface area contributed by atoms with Gasteiger partial charge < -0.3 is 10.5 Å². The van der Waals surface area contributed by atoms with Gasteiger partial charge in [0.05, 0.1) is 18.5 Å². The molecule has 0 fully saturated rings. The van der Waals surface area contributed by atoms with Crippen LogP contribution in [0.5, 0.6) is 5.75 Å². The molecule has 0 unspecified atom stereocenters. The normalized spacial score (nSPS) is 10.2. The number of ether oxygens (including phenoxy) is 1. The van der Waals surface area contributed by atoms with Gasteiger partial charge in [-0.1, -0.05) is 0 Å². The molecule has 0 aliphatic heterocycles. The second-order valence-electron chi connectivity index (χ2n) is 2.96. The number of methoxy groups -OCH3 is 1. The molecule has 0 bridgehead atoms. The van der Waals surface area contributed by atoms with Crippen molar-refractivity contribution in [3.8, 4) is 11.4 Å². The molecular weight excluding hydrogens is 196 g/mol. The fourth-order valence-electron chi connectivity index (χ4n) is 1.30. The number of nitrogens with one attached hydrogen (secondary N) is 1. The van der Waals surface area contributed by atoms with Crippen molar-refractivity contribution in [2.75, 3.05) is 12.8 Å². The Bertz CT molecular complexity index is 529. The summed E-state index contributed by atoms with van der Waals surface area (Å²) in [7, 11) is 1.55. The van der Waals surface area contributed by atoms with Gasteiger partial charge in [0.1, 0.15) is 12.1 Å². The van der Waals surface area contributed by atoms with E-state index in [-0.39, 0.29) is 5.69 Å². The molecule has 2 rings (SSSR count). The minimum Gasteiger partial charge on any atom is -0.497 e. The number of rotatable bonds is 2. The maximum atomic E-state index is 11.3. The molecule has 6 nitrogen and oxygen atoms in total. The van der Waals surface area contributed by atoms with Crippen LogP contribution >= 0.6 is 0 Å². The van der Waals surface area contributed by atoms with Gasteiger partial charge in [0.2, 0.25) is 0 Å². The molecule has 0 saturated carbocycles. The third-order valence-corrected chi connectivity index (χ3v) is 2.05. The van der Waals surface area contributed by atoms with Gasteiger partial charge in [-0.2, -0.15) is 5.10 Å².